The predicted octanol–water partition coefficient (Wildman–Crippen LogP) is 3.95. The second kappa shape index (κ2) is 5.62. The summed E-state index contributed by atoms with van der Waals surface area (Å²) >= 11 is 11.9. The summed E-state index contributed by atoms with van der Waals surface area (Å²) in [5.74, 6) is -0.761. The zero-order valence-electron chi connectivity index (χ0n) is 12.3. The van der Waals surface area contributed by atoms with E-state index in [9.17, 15) is 9.59 Å². The number of benzene rings is 1. The minimum absolute atomic E-state index is 0.231. The van der Waals surface area contributed by atoms with Gasteiger partial charge in [-0.2, -0.15) is 0 Å². The molecule has 2 atom stereocenters. The maximum Gasteiger partial charge on any atom is 0.315 e. The number of alkyl halides is 2. The first-order chi connectivity index (χ1) is 9.71. The zero-order chi connectivity index (χ0) is 15.8. The largest absolute Gasteiger partial charge is 0.454 e. The molecule has 0 amide bonds. The molecule has 1 saturated carbocycles. The first kappa shape index (κ1) is 16.3. The van der Waals surface area contributed by atoms with Crippen LogP contribution in [0.3, 0.4) is 0 Å². The lowest BCUT2D eigenvalue weighted by Crippen LogP contribution is -2.30. The minimum atomic E-state index is -1.09. The Morgan fingerprint density at radius 1 is 1.29 bits per heavy atom. The third kappa shape index (κ3) is 3.09. The Kier molecular flexibility index (Phi) is 4.36. The summed E-state index contributed by atoms with van der Waals surface area (Å²) in [4.78, 5) is 24.3. The molecular weight excluding hydrogens is 311 g/mol. The quantitative estimate of drug-likeness (QED) is 0.467. The summed E-state index contributed by atoms with van der Waals surface area (Å²) < 4.78 is 4.14. The lowest BCUT2D eigenvalue weighted by atomic mass is 10.0. The van der Waals surface area contributed by atoms with Crippen LogP contribution < -0.4 is 0 Å². The normalized spacial score (nSPS) is 24.2. The van der Waals surface area contributed by atoms with E-state index in [1.807, 2.05) is 19.1 Å². The third-order valence-electron chi connectivity index (χ3n) is 4.01. The average molecular weight is 329 g/mol. The van der Waals surface area contributed by atoms with Gasteiger partial charge < -0.3 is 4.74 Å². The maximum atomic E-state index is 12.2. The van der Waals surface area contributed by atoms with Gasteiger partial charge in [0.15, 0.2) is 6.10 Å². The van der Waals surface area contributed by atoms with Crippen LogP contribution in [0.4, 0.5) is 0 Å². The first-order valence-corrected chi connectivity index (χ1v) is 7.69. The summed E-state index contributed by atoms with van der Waals surface area (Å²) in [5, 5.41) is 0. The van der Waals surface area contributed by atoms with Gasteiger partial charge >= 0.3 is 5.97 Å². The van der Waals surface area contributed by atoms with E-state index in [1.54, 1.807) is 26.0 Å². The molecule has 1 aliphatic rings. The predicted molar refractivity (Wildman–Crippen MR) is 82.9 cm³/mol. The van der Waals surface area contributed by atoms with Gasteiger partial charge in [0.05, 0.1) is 0 Å². The molecule has 21 heavy (non-hydrogen) atoms. The van der Waals surface area contributed by atoms with Crippen molar-refractivity contribution < 1.29 is 14.3 Å². The van der Waals surface area contributed by atoms with Gasteiger partial charge in [-0.15, -0.1) is 23.2 Å². The van der Waals surface area contributed by atoms with E-state index in [-0.39, 0.29) is 5.78 Å². The number of halogens is 2. The third-order valence-corrected chi connectivity index (χ3v) is 5.11. The molecule has 1 aromatic carbocycles. The molecule has 3 nitrogen and oxygen atoms in total. The zero-order valence-corrected chi connectivity index (χ0v) is 13.8. The molecule has 0 aromatic heterocycles. The second-order valence-corrected chi connectivity index (χ2v) is 7.16. The molecule has 0 N–H and O–H groups in total. The summed E-state index contributed by atoms with van der Waals surface area (Å²) in [5.41, 5.74) is 0.753. The van der Waals surface area contributed by atoms with Crippen molar-refractivity contribution in [2.75, 3.05) is 0 Å². The first-order valence-electron chi connectivity index (χ1n) is 6.93. The molecular formula is C16H18Cl2O3. The Hall–Kier alpha value is -1.06. The summed E-state index contributed by atoms with van der Waals surface area (Å²) in [6.45, 7) is 5.24. The number of aryl methyl sites for hydroxylation is 1. The van der Waals surface area contributed by atoms with Crippen LogP contribution in [-0.4, -0.2) is 22.2 Å². The number of hydrogen-bond donors (Lipinski definition) is 0. The molecule has 1 aromatic rings. The Morgan fingerprint density at radius 3 is 2.24 bits per heavy atom. The number of ketones is 1. The number of esters is 1. The van der Waals surface area contributed by atoms with Crippen molar-refractivity contribution in [1.82, 2.24) is 0 Å². The number of rotatable bonds is 5. The van der Waals surface area contributed by atoms with Crippen molar-refractivity contribution in [2.45, 2.75) is 44.1 Å². The van der Waals surface area contributed by atoms with Crippen molar-refractivity contribution in [3.63, 3.8) is 0 Å². The topological polar surface area (TPSA) is 43.4 Å². The SMILES string of the molecule is CCc1ccc(C(=O)C(C)OC(=O)C2(C)CC2(Cl)Cl)cc1. The second-order valence-electron chi connectivity index (χ2n) is 5.68. The van der Waals surface area contributed by atoms with Crippen LogP contribution >= 0.6 is 23.2 Å². The Morgan fingerprint density at radius 2 is 1.81 bits per heavy atom. The molecule has 2 unspecified atom stereocenters. The van der Waals surface area contributed by atoms with E-state index < -0.39 is 21.8 Å². The number of carbonyl (C=O) groups is 2. The van der Waals surface area contributed by atoms with E-state index in [2.05, 4.69) is 0 Å². The number of ether oxygens (including phenoxy) is 1. The van der Waals surface area contributed by atoms with E-state index in [1.165, 1.54) is 0 Å². The van der Waals surface area contributed by atoms with Crippen molar-refractivity contribution in [3.05, 3.63) is 35.4 Å². The van der Waals surface area contributed by atoms with Gasteiger partial charge in [0.25, 0.3) is 0 Å². The van der Waals surface area contributed by atoms with Gasteiger partial charge in [0.1, 0.15) is 9.75 Å². The number of hydrogen-bond acceptors (Lipinski definition) is 3. The van der Waals surface area contributed by atoms with Gasteiger partial charge in [-0.1, -0.05) is 31.2 Å². The van der Waals surface area contributed by atoms with Crippen LogP contribution in [-0.2, 0) is 16.0 Å². The molecule has 0 spiro atoms. The van der Waals surface area contributed by atoms with Gasteiger partial charge in [-0.3, -0.25) is 9.59 Å². The van der Waals surface area contributed by atoms with Crippen molar-refractivity contribution in [1.29, 1.82) is 0 Å². The summed E-state index contributed by atoms with van der Waals surface area (Å²) in [7, 11) is 0. The van der Waals surface area contributed by atoms with Gasteiger partial charge in [0, 0.05) is 12.0 Å². The fraction of sp³-hybridized carbons (Fsp3) is 0.500. The van der Waals surface area contributed by atoms with Crippen LogP contribution in [0.2, 0.25) is 0 Å². The highest BCUT2D eigenvalue weighted by molar-refractivity contribution is 6.53. The Bertz CT molecular complexity index is 565. The van der Waals surface area contributed by atoms with Crippen LogP contribution in [0.1, 0.15) is 43.1 Å². The molecule has 0 saturated heterocycles. The smallest absolute Gasteiger partial charge is 0.315 e. The monoisotopic (exact) mass is 328 g/mol. The van der Waals surface area contributed by atoms with E-state index in [4.69, 9.17) is 27.9 Å². The van der Waals surface area contributed by atoms with Gasteiger partial charge in [-0.05, 0) is 25.8 Å². The lowest BCUT2D eigenvalue weighted by Gasteiger charge is -2.16. The van der Waals surface area contributed by atoms with Crippen LogP contribution in [0, 0.1) is 5.41 Å². The van der Waals surface area contributed by atoms with Crippen LogP contribution in [0.25, 0.3) is 0 Å². The highest BCUT2D eigenvalue weighted by atomic mass is 35.5. The standard InChI is InChI=1S/C16H18Cl2O3/c1-4-11-5-7-12(8-6-11)13(19)10(2)21-14(20)15(3)9-16(15,17)18/h5-8,10H,4,9H2,1-3H3. The fourth-order valence-corrected chi connectivity index (χ4v) is 2.79. The Balaban J connectivity index is 2.01. The van der Waals surface area contributed by atoms with E-state index in [0.29, 0.717) is 12.0 Å². The molecule has 114 valence electrons. The fourth-order valence-electron chi connectivity index (χ4n) is 2.10. The molecule has 0 heterocycles. The van der Waals surface area contributed by atoms with Crippen molar-refractivity contribution in [2.24, 2.45) is 5.41 Å². The van der Waals surface area contributed by atoms with E-state index >= 15 is 0 Å². The summed E-state index contributed by atoms with van der Waals surface area (Å²) in [6.07, 6.45) is 0.394. The van der Waals surface area contributed by atoms with E-state index in [0.717, 1.165) is 12.0 Å². The highest BCUT2D eigenvalue weighted by Gasteiger charge is 2.69. The lowest BCUT2D eigenvalue weighted by molar-refractivity contribution is -0.152. The molecule has 2 rings (SSSR count). The van der Waals surface area contributed by atoms with Gasteiger partial charge in [0.2, 0.25) is 5.78 Å². The molecule has 0 bridgehead atoms. The van der Waals surface area contributed by atoms with Crippen LogP contribution in [0.15, 0.2) is 24.3 Å². The van der Waals surface area contributed by atoms with Crippen LogP contribution in [0.5, 0.6) is 0 Å². The number of Topliss-reactive ketones (excluding diaryl/α,β-unsaturated/α-hetero) is 1. The average Bonchev–Trinajstić information content (AvgIpc) is 2.98. The molecule has 5 heteroatoms. The molecule has 0 aliphatic heterocycles. The molecule has 1 aliphatic carbocycles. The maximum absolute atomic E-state index is 12.2. The van der Waals surface area contributed by atoms with Crippen molar-refractivity contribution in [3.8, 4) is 0 Å². The van der Waals surface area contributed by atoms with Gasteiger partial charge in [-0.25, -0.2) is 0 Å². The summed E-state index contributed by atoms with van der Waals surface area (Å²) in [6, 6.07) is 7.29. The minimum Gasteiger partial charge on any atom is -0.454 e. The highest BCUT2D eigenvalue weighted by Crippen LogP contribution is 2.64. The van der Waals surface area contributed by atoms with Crippen molar-refractivity contribution >= 4 is 35.0 Å². The molecule has 0 radical (unpaired) electrons. The molecule has 1 fully saturated rings. The number of carbonyl (C=O) groups excluding carboxylic acids is 2. The Labute approximate surface area is 134 Å².